The number of nitrogens with zero attached hydrogens (tertiary/aromatic N) is 3. The maximum absolute atomic E-state index is 13.8. The molecule has 0 aromatic carbocycles. The number of imidazole rings is 1. The van der Waals surface area contributed by atoms with Gasteiger partial charge in [0.1, 0.15) is 11.3 Å². The first-order valence-corrected chi connectivity index (χ1v) is 6.44. The van der Waals surface area contributed by atoms with E-state index in [1.807, 2.05) is 6.92 Å². The van der Waals surface area contributed by atoms with E-state index < -0.39 is 17.1 Å². The summed E-state index contributed by atoms with van der Waals surface area (Å²) in [4.78, 5) is 36.5. The molecular formula is C13H12FN5O2. The van der Waals surface area contributed by atoms with E-state index in [1.165, 1.54) is 16.8 Å². The van der Waals surface area contributed by atoms with E-state index in [4.69, 9.17) is 0 Å². The molecule has 7 nitrogen and oxygen atoms in total. The Bertz CT molecular complexity index is 924. The van der Waals surface area contributed by atoms with Crippen molar-refractivity contribution in [1.29, 1.82) is 0 Å². The van der Waals surface area contributed by atoms with Crippen molar-refractivity contribution < 1.29 is 4.39 Å². The van der Waals surface area contributed by atoms with Crippen LogP contribution in [0.4, 0.5) is 4.39 Å². The van der Waals surface area contributed by atoms with E-state index >= 15 is 0 Å². The fourth-order valence-corrected chi connectivity index (χ4v) is 2.17. The van der Waals surface area contributed by atoms with Gasteiger partial charge in [-0.3, -0.25) is 19.3 Å². The first kappa shape index (κ1) is 13.2. The molecule has 0 aliphatic heterocycles. The van der Waals surface area contributed by atoms with Crippen LogP contribution in [0, 0.1) is 5.82 Å². The number of aromatic nitrogens is 5. The van der Waals surface area contributed by atoms with Gasteiger partial charge in [-0.05, 0) is 12.5 Å². The molecule has 0 saturated heterocycles. The molecule has 0 amide bonds. The van der Waals surface area contributed by atoms with Gasteiger partial charge in [-0.2, -0.15) is 0 Å². The number of aryl methyl sites for hydroxylation is 1. The van der Waals surface area contributed by atoms with Crippen LogP contribution in [0.3, 0.4) is 0 Å². The van der Waals surface area contributed by atoms with Crippen LogP contribution < -0.4 is 11.2 Å². The highest BCUT2D eigenvalue weighted by molar-refractivity contribution is 5.75. The van der Waals surface area contributed by atoms with E-state index in [-0.39, 0.29) is 22.6 Å². The van der Waals surface area contributed by atoms with Crippen LogP contribution in [0.2, 0.25) is 0 Å². The minimum atomic E-state index is -0.574. The van der Waals surface area contributed by atoms with Gasteiger partial charge in [0.2, 0.25) is 0 Å². The van der Waals surface area contributed by atoms with Crippen LogP contribution in [-0.4, -0.2) is 24.5 Å². The average Bonchev–Trinajstić information content (AvgIpc) is 2.89. The third-order valence-electron chi connectivity index (χ3n) is 3.11. The Labute approximate surface area is 117 Å². The summed E-state index contributed by atoms with van der Waals surface area (Å²) in [6.45, 7) is 2.31. The van der Waals surface area contributed by atoms with Crippen molar-refractivity contribution in [3.63, 3.8) is 0 Å². The van der Waals surface area contributed by atoms with Crippen LogP contribution in [0.15, 0.2) is 28.0 Å². The Morgan fingerprint density at radius 1 is 1.33 bits per heavy atom. The maximum Gasteiger partial charge on any atom is 0.330 e. The molecule has 3 aromatic rings. The third-order valence-corrected chi connectivity index (χ3v) is 3.11. The highest BCUT2D eigenvalue weighted by Crippen LogP contribution is 2.20. The highest BCUT2D eigenvalue weighted by Gasteiger charge is 2.15. The van der Waals surface area contributed by atoms with Gasteiger partial charge in [-0.1, -0.05) is 6.92 Å². The van der Waals surface area contributed by atoms with Gasteiger partial charge < -0.3 is 4.98 Å². The van der Waals surface area contributed by atoms with E-state index in [0.29, 0.717) is 13.0 Å². The van der Waals surface area contributed by atoms with Crippen molar-refractivity contribution in [2.45, 2.75) is 19.9 Å². The van der Waals surface area contributed by atoms with Crippen molar-refractivity contribution >= 4 is 11.2 Å². The summed E-state index contributed by atoms with van der Waals surface area (Å²) in [5.74, 6) is -0.372. The minimum absolute atomic E-state index is 0.147. The molecular weight excluding hydrogens is 277 g/mol. The lowest BCUT2D eigenvalue weighted by Crippen LogP contribution is -2.30. The van der Waals surface area contributed by atoms with Gasteiger partial charge in [0, 0.05) is 12.7 Å². The van der Waals surface area contributed by atoms with Crippen molar-refractivity contribution in [2.75, 3.05) is 0 Å². The predicted molar refractivity (Wildman–Crippen MR) is 74.5 cm³/mol. The Kier molecular flexibility index (Phi) is 3.13. The van der Waals surface area contributed by atoms with Crippen molar-refractivity contribution in [3.05, 3.63) is 45.1 Å². The van der Waals surface area contributed by atoms with Gasteiger partial charge >= 0.3 is 5.69 Å². The standard InChI is InChI=1S/C13H12FN5O2/c1-2-5-19-11-9(12(20)18-13(19)21)16-10(17-11)7-3-4-15-6-8(7)14/h3-4,6H,2,5H2,1H3,(H,16,17)(H,18,20,21). The van der Waals surface area contributed by atoms with Gasteiger partial charge in [0.25, 0.3) is 5.56 Å². The van der Waals surface area contributed by atoms with Crippen LogP contribution in [0.25, 0.3) is 22.6 Å². The van der Waals surface area contributed by atoms with Crippen LogP contribution >= 0.6 is 0 Å². The van der Waals surface area contributed by atoms with E-state index in [1.54, 1.807) is 0 Å². The molecule has 0 unspecified atom stereocenters. The van der Waals surface area contributed by atoms with E-state index in [9.17, 15) is 14.0 Å². The molecule has 0 fully saturated rings. The largest absolute Gasteiger partial charge is 0.332 e. The maximum atomic E-state index is 13.8. The molecule has 0 radical (unpaired) electrons. The fourth-order valence-electron chi connectivity index (χ4n) is 2.17. The monoisotopic (exact) mass is 289 g/mol. The second-order valence-electron chi connectivity index (χ2n) is 4.55. The Hall–Kier alpha value is -2.77. The lowest BCUT2D eigenvalue weighted by atomic mass is 10.2. The van der Waals surface area contributed by atoms with Crippen molar-refractivity contribution in [3.8, 4) is 11.4 Å². The molecule has 3 heterocycles. The Morgan fingerprint density at radius 3 is 2.86 bits per heavy atom. The smallest absolute Gasteiger partial charge is 0.330 e. The number of pyridine rings is 1. The molecule has 0 bridgehead atoms. The molecule has 0 spiro atoms. The first-order chi connectivity index (χ1) is 10.1. The molecule has 21 heavy (non-hydrogen) atoms. The number of aromatic amines is 2. The number of nitrogens with one attached hydrogen (secondary N) is 2. The summed E-state index contributed by atoms with van der Waals surface area (Å²) in [7, 11) is 0. The Morgan fingerprint density at radius 2 is 2.14 bits per heavy atom. The number of rotatable bonds is 3. The van der Waals surface area contributed by atoms with Gasteiger partial charge in [-0.15, -0.1) is 0 Å². The second-order valence-corrected chi connectivity index (χ2v) is 4.55. The number of halogens is 1. The number of hydrogen-bond donors (Lipinski definition) is 2. The molecule has 0 aliphatic rings. The van der Waals surface area contributed by atoms with Crippen molar-refractivity contribution in [2.24, 2.45) is 0 Å². The first-order valence-electron chi connectivity index (χ1n) is 6.44. The summed E-state index contributed by atoms with van der Waals surface area (Å²) in [6.07, 6.45) is 3.19. The zero-order valence-electron chi connectivity index (χ0n) is 11.2. The van der Waals surface area contributed by atoms with Gasteiger partial charge in [0.15, 0.2) is 11.5 Å². The summed E-state index contributed by atoms with van der Waals surface area (Å²) >= 11 is 0. The average molecular weight is 289 g/mol. The molecule has 2 N–H and O–H groups in total. The lowest BCUT2D eigenvalue weighted by Gasteiger charge is -2.02. The highest BCUT2D eigenvalue weighted by atomic mass is 19.1. The van der Waals surface area contributed by atoms with E-state index in [0.717, 1.165) is 6.20 Å². The summed E-state index contributed by atoms with van der Waals surface area (Å²) in [6, 6.07) is 1.45. The molecule has 8 heteroatoms. The molecule has 0 atom stereocenters. The molecule has 3 rings (SSSR count). The van der Waals surface area contributed by atoms with Crippen LogP contribution in [-0.2, 0) is 6.54 Å². The summed E-state index contributed by atoms with van der Waals surface area (Å²) < 4.78 is 15.1. The topological polar surface area (TPSA) is 96.4 Å². The molecule has 0 saturated carbocycles. The Balaban J connectivity index is 2.32. The SMILES string of the molecule is CCCn1c(=O)[nH]c(=O)c2[nH]c(-c3ccncc3F)nc21. The van der Waals surface area contributed by atoms with Crippen molar-refractivity contribution in [1.82, 2.24) is 24.5 Å². The normalized spacial score (nSPS) is 11.1. The number of hydrogen-bond acceptors (Lipinski definition) is 4. The minimum Gasteiger partial charge on any atom is -0.332 e. The summed E-state index contributed by atoms with van der Waals surface area (Å²) in [5.41, 5.74) is -0.541. The second kappa shape index (κ2) is 4.97. The van der Waals surface area contributed by atoms with E-state index in [2.05, 4.69) is 19.9 Å². The molecule has 0 aliphatic carbocycles. The number of fused-ring (bicyclic) bond motifs is 1. The van der Waals surface area contributed by atoms with Gasteiger partial charge in [0.05, 0.1) is 11.8 Å². The quantitative estimate of drug-likeness (QED) is 0.752. The number of H-pyrrole nitrogens is 2. The van der Waals surface area contributed by atoms with Crippen LogP contribution in [0.1, 0.15) is 13.3 Å². The molecule has 3 aromatic heterocycles. The lowest BCUT2D eigenvalue weighted by molar-refractivity contribution is 0.624. The third kappa shape index (κ3) is 2.14. The fraction of sp³-hybridized carbons (Fsp3) is 0.231. The zero-order valence-corrected chi connectivity index (χ0v) is 11.2. The van der Waals surface area contributed by atoms with Gasteiger partial charge in [-0.25, -0.2) is 14.2 Å². The van der Waals surface area contributed by atoms with Crippen LogP contribution in [0.5, 0.6) is 0 Å². The molecule has 108 valence electrons. The predicted octanol–water partition coefficient (Wildman–Crippen LogP) is 1.02. The zero-order chi connectivity index (χ0) is 15.0. The summed E-state index contributed by atoms with van der Waals surface area (Å²) in [5, 5.41) is 0.